The topological polar surface area (TPSA) is 88.2 Å². The molecular formula is C6H10NO6+. The highest BCUT2D eigenvalue weighted by atomic mass is 17.0. The summed E-state index contributed by atoms with van der Waals surface area (Å²) in [4.78, 5) is 14.6. The van der Waals surface area contributed by atoms with E-state index in [1.807, 2.05) is 0 Å². The summed E-state index contributed by atoms with van der Waals surface area (Å²) in [6.45, 7) is 0.297. The molecule has 0 spiro atoms. The van der Waals surface area contributed by atoms with Gasteiger partial charge in [0.25, 0.3) is 0 Å². The highest BCUT2D eigenvalue weighted by molar-refractivity contribution is 4.94. The molecule has 74 valence electrons. The second kappa shape index (κ2) is 3.09. The Bertz CT molecular complexity index is 221. The van der Waals surface area contributed by atoms with Crippen molar-refractivity contribution in [3.63, 3.8) is 0 Å². The Morgan fingerprint density at radius 3 is 2.69 bits per heavy atom. The Hall–Kier alpha value is -0.920. The van der Waals surface area contributed by atoms with Gasteiger partial charge in [0, 0.05) is 0 Å². The third kappa shape index (κ3) is 1.45. The lowest BCUT2D eigenvalue weighted by Crippen LogP contribution is -2.34. The van der Waals surface area contributed by atoms with Crippen molar-refractivity contribution < 1.29 is 29.7 Å². The van der Waals surface area contributed by atoms with Crippen LogP contribution in [-0.4, -0.2) is 53.0 Å². The van der Waals surface area contributed by atoms with Crippen molar-refractivity contribution in [1.82, 2.24) is 0 Å². The molecule has 4 atom stereocenters. The minimum atomic E-state index is -0.683. The van der Waals surface area contributed by atoms with E-state index in [0.717, 1.165) is 0 Å². The van der Waals surface area contributed by atoms with Crippen LogP contribution in [0.5, 0.6) is 0 Å². The van der Waals surface area contributed by atoms with Gasteiger partial charge in [0.15, 0.2) is 0 Å². The van der Waals surface area contributed by atoms with Crippen LogP contribution in [-0.2, 0) is 14.3 Å². The fourth-order valence-electron chi connectivity index (χ4n) is 1.65. The predicted molar refractivity (Wildman–Crippen MR) is 35.8 cm³/mol. The first-order valence-electron chi connectivity index (χ1n) is 3.92. The number of aliphatic hydroxyl groups excluding tert-OH is 1. The predicted octanol–water partition coefficient (Wildman–Crippen LogP) is -1.39. The summed E-state index contributed by atoms with van der Waals surface area (Å²) in [6, 6.07) is 0. The van der Waals surface area contributed by atoms with E-state index in [1.54, 1.807) is 0 Å². The van der Waals surface area contributed by atoms with Crippen molar-refractivity contribution in [2.75, 3.05) is 13.2 Å². The molecule has 2 aliphatic rings. The lowest BCUT2D eigenvalue weighted by Gasteiger charge is -2.09. The Morgan fingerprint density at radius 1 is 1.31 bits per heavy atom. The molecule has 2 aliphatic heterocycles. The van der Waals surface area contributed by atoms with Gasteiger partial charge in [-0.15, -0.1) is 0 Å². The Morgan fingerprint density at radius 2 is 2.00 bits per heavy atom. The number of fused-ring (bicyclic) bond motifs is 1. The molecular weight excluding hydrogens is 182 g/mol. The van der Waals surface area contributed by atoms with Gasteiger partial charge in [0.2, 0.25) is 6.10 Å². The van der Waals surface area contributed by atoms with Gasteiger partial charge in [-0.05, 0) is 0 Å². The van der Waals surface area contributed by atoms with Crippen molar-refractivity contribution in [2.24, 2.45) is 0 Å². The van der Waals surface area contributed by atoms with Crippen LogP contribution in [0.4, 0.5) is 0 Å². The minimum Gasteiger partial charge on any atom is -0.388 e. The van der Waals surface area contributed by atoms with Gasteiger partial charge < -0.3 is 14.6 Å². The molecule has 2 rings (SSSR count). The number of nitrogens with zero attached hydrogens (tertiary/aromatic N) is 1. The summed E-state index contributed by atoms with van der Waals surface area (Å²) in [5.41, 5.74) is 0. The van der Waals surface area contributed by atoms with Crippen LogP contribution in [0.15, 0.2) is 0 Å². The smallest absolute Gasteiger partial charge is 0.388 e. The summed E-state index contributed by atoms with van der Waals surface area (Å²) in [7, 11) is 0. The van der Waals surface area contributed by atoms with Crippen molar-refractivity contribution in [2.45, 2.75) is 24.4 Å². The van der Waals surface area contributed by atoms with Crippen LogP contribution < -0.4 is 0 Å². The molecule has 0 bridgehead atoms. The van der Waals surface area contributed by atoms with E-state index in [9.17, 15) is 10.0 Å². The zero-order valence-electron chi connectivity index (χ0n) is 6.70. The van der Waals surface area contributed by atoms with Crippen LogP contribution in [0.3, 0.4) is 0 Å². The first kappa shape index (κ1) is 8.67. The molecule has 2 saturated heterocycles. The van der Waals surface area contributed by atoms with Crippen LogP contribution in [0.1, 0.15) is 0 Å². The summed E-state index contributed by atoms with van der Waals surface area (Å²) in [5.74, 6) is 0. The van der Waals surface area contributed by atoms with E-state index in [1.165, 1.54) is 0 Å². The summed E-state index contributed by atoms with van der Waals surface area (Å²) >= 11 is 0. The van der Waals surface area contributed by atoms with Gasteiger partial charge >= 0.3 is 5.09 Å². The quantitative estimate of drug-likeness (QED) is 0.524. The van der Waals surface area contributed by atoms with Gasteiger partial charge in [-0.25, -0.2) is 5.21 Å². The third-order valence-corrected chi connectivity index (χ3v) is 2.21. The average molecular weight is 192 g/mol. The molecule has 0 aromatic rings. The van der Waals surface area contributed by atoms with E-state index in [0.29, 0.717) is 0 Å². The SMILES string of the molecule is O=[N+](O)O[C@H]1CO[C@H]2[C@@H]1OC[C@H]2O. The number of ether oxygens (including phenoxy) is 2. The number of aliphatic hydroxyl groups is 1. The largest absolute Gasteiger partial charge is 0.475 e. The lowest BCUT2D eigenvalue weighted by atomic mass is 10.1. The monoisotopic (exact) mass is 192 g/mol. The molecule has 0 saturated carbocycles. The Kier molecular flexibility index (Phi) is 2.06. The highest BCUT2D eigenvalue weighted by Gasteiger charge is 2.51. The zero-order valence-corrected chi connectivity index (χ0v) is 6.70. The molecule has 7 heteroatoms. The van der Waals surface area contributed by atoms with E-state index < -0.39 is 29.5 Å². The standard InChI is InChI=1S/C6H10NO6/c8-3-1-11-6-4(13-7(9)10)2-12-5(3)6/h3-6,8H,1-2H2,(H,9,10)/q+1/t3-,4+,5-,6-/m1/s1. The maximum Gasteiger partial charge on any atom is 0.475 e. The third-order valence-electron chi connectivity index (χ3n) is 2.21. The van der Waals surface area contributed by atoms with Gasteiger partial charge in [-0.1, -0.05) is 0 Å². The fraction of sp³-hybridized carbons (Fsp3) is 1.00. The van der Waals surface area contributed by atoms with Crippen LogP contribution in [0.2, 0.25) is 0 Å². The molecule has 2 heterocycles. The van der Waals surface area contributed by atoms with Crippen molar-refractivity contribution in [3.05, 3.63) is 4.91 Å². The van der Waals surface area contributed by atoms with Gasteiger partial charge in [0.1, 0.15) is 23.2 Å². The molecule has 2 fully saturated rings. The average Bonchev–Trinajstić information content (AvgIpc) is 2.56. The maximum atomic E-state index is 10.1. The first-order valence-corrected chi connectivity index (χ1v) is 3.92. The van der Waals surface area contributed by atoms with Crippen LogP contribution in [0.25, 0.3) is 0 Å². The summed E-state index contributed by atoms with van der Waals surface area (Å²) < 4.78 is 10.3. The van der Waals surface area contributed by atoms with Crippen LogP contribution in [0, 0.1) is 4.91 Å². The second-order valence-electron chi connectivity index (χ2n) is 3.04. The lowest BCUT2D eigenvalue weighted by molar-refractivity contribution is -0.982. The maximum absolute atomic E-state index is 10.1. The molecule has 0 radical (unpaired) electrons. The number of rotatable bonds is 2. The molecule has 2 N–H and O–H groups in total. The molecule has 0 unspecified atom stereocenters. The Labute approximate surface area is 73.3 Å². The molecule has 7 nitrogen and oxygen atoms in total. The Balaban J connectivity index is 1.98. The van der Waals surface area contributed by atoms with Crippen molar-refractivity contribution >= 4 is 0 Å². The van der Waals surface area contributed by atoms with Crippen molar-refractivity contribution in [1.29, 1.82) is 0 Å². The minimum absolute atomic E-state index is 0.131. The van der Waals surface area contributed by atoms with E-state index in [2.05, 4.69) is 4.84 Å². The number of hydrogen-bond donors (Lipinski definition) is 2. The van der Waals surface area contributed by atoms with Crippen molar-refractivity contribution in [3.8, 4) is 0 Å². The second-order valence-corrected chi connectivity index (χ2v) is 3.04. The fourth-order valence-corrected chi connectivity index (χ4v) is 1.65. The normalized spacial score (nSPS) is 43.2. The molecule has 0 amide bonds. The molecule has 0 aromatic heterocycles. The molecule has 0 aliphatic carbocycles. The molecule has 13 heavy (non-hydrogen) atoms. The van der Waals surface area contributed by atoms with E-state index >= 15 is 0 Å². The van der Waals surface area contributed by atoms with E-state index in [-0.39, 0.29) is 13.2 Å². The summed E-state index contributed by atoms with van der Waals surface area (Å²) in [6.07, 6.45) is -2.26. The highest BCUT2D eigenvalue weighted by Crippen LogP contribution is 2.28. The van der Waals surface area contributed by atoms with Gasteiger partial charge in [0.05, 0.1) is 13.2 Å². The van der Waals surface area contributed by atoms with Gasteiger partial charge in [-0.3, -0.25) is 0 Å². The van der Waals surface area contributed by atoms with Gasteiger partial charge in [-0.2, -0.15) is 4.84 Å². The molecule has 0 aromatic carbocycles. The first-order chi connectivity index (χ1) is 6.18. The number of hydrogen-bond acceptors (Lipinski definition) is 5. The van der Waals surface area contributed by atoms with Crippen LogP contribution >= 0.6 is 0 Å². The summed E-state index contributed by atoms with van der Waals surface area (Å²) in [5, 5.41) is 17.0. The zero-order chi connectivity index (χ0) is 9.42. The van der Waals surface area contributed by atoms with E-state index in [4.69, 9.17) is 14.7 Å².